The molecule has 1 aliphatic heterocycles. The first-order chi connectivity index (χ1) is 16.5. The van der Waals surface area contributed by atoms with Gasteiger partial charge in [-0.2, -0.15) is 5.10 Å². The number of primary amides is 1. The van der Waals surface area contributed by atoms with Crippen molar-refractivity contribution in [2.24, 2.45) is 5.73 Å². The fraction of sp³-hybridized carbons (Fsp3) is 0.115. The Morgan fingerprint density at radius 1 is 1.00 bits per heavy atom. The van der Waals surface area contributed by atoms with Gasteiger partial charge in [0.1, 0.15) is 5.75 Å². The van der Waals surface area contributed by atoms with E-state index in [4.69, 9.17) is 27.2 Å². The number of para-hydroxylation sites is 3. The Morgan fingerprint density at radius 3 is 2.44 bits per heavy atom. The number of amides is 2. The second kappa shape index (κ2) is 9.03. The van der Waals surface area contributed by atoms with Crippen LogP contribution < -0.4 is 15.4 Å². The van der Waals surface area contributed by atoms with Crippen molar-refractivity contribution in [3.8, 4) is 22.7 Å². The van der Waals surface area contributed by atoms with Crippen LogP contribution in [-0.2, 0) is 16.0 Å². The van der Waals surface area contributed by atoms with Crippen LogP contribution in [0.1, 0.15) is 5.56 Å². The quantitative estimate of drug-likeness (QED) is 0.475. The van der Waals surface area contributed by atoms with E-state index in [0.717, 1.165) is 16.8 Å². The minimum atomic E-state index is -0.915. The van der Waals surface area contributed by atoms with Gasteiger partial charge in [-0.1, -0.05) is 54.1 Å². The molecule has 0 saturated carbocycles. The van der Waals surface area contributed by atoms with Crippen LogP contribution in [0.2, 0.25) is 5.02 Å². The van der Waals surface area contributed by atoms with Crippen molar-refractivity contribution >= 4 is 29.1 Å². The third-order valence-electron chi connectivity index (χ3n) is 5.66. The van der Waals surface area contributed by atoms with Crippen molar-refractivity contribution in [3.63, 3.8) is 0 Å². The number of carbonyl (C=O) groups excluding carboxylic acids is 2. The highest BCUT2D eigenvalue weighted by Gasteiger charge is 2.33. The summed E-state index contributed by atoms with van der Waals surface area (Å²) in [6.07, 6.45) is 1.02. The molecular formula is C26H21ClN4O3. The molecule has 2 amide bonds. The van der Waals surface area contributed by atoms with Gasteiger partial charge in [-0.15, -0.1) is 0 Å². The number of rotatable bonds is 5. The van der Waals surface area contributed by atoms with Crippen LogP contribution in [0.15, 0.2) is 85.1 Å². The maximum atomic E-state index is 13.5. The summed E-state index contributed by atoms with van der Waals surface area (Å²) in [6.45, 7) is 0.0499. The molecule has 0 unspecified atom stereocenters. The predicted octanol–water partition coefficient (Wildman–Crippen LogP) is 4.01. The predicted molar refractivity (Wildman–Crippen MR) is 130 cm³/mol. The van der Waals surface area contributed by atoms with Gasteiger partial charge in [0.25, 0.3) is 5.91 Å². The number of carbonyl (C=O) groups is 2. The Morgan fingerprint density at radius 2 is 1.71 bits per heavy atom. The topological polar surface area (TPSA) is 90.5 Å². The molecule has 5 rings (SSSR count). The summed E-state index contributed by atoms with van der Waals surface area (Å²) in [5, 5.41) is 5.39. The third kappa shape index (κ3) is 4.25. The molecule has 7 nitrogen and oxygen atoms in total. The molecule has 1 atom stereocenters. The Kier molecular flexibility index (Phi) is 5.77. The number of halogens is 1. The number of benzene rings is 3. The first kappa shape index (κ1) is 21.7. The van der Waals surface area contributed by atoms with Crippen molar-refractivity contribution in [1.29, 1.82) is 0 Å². The van der Waals surface area contributed by atoms with E-state index in [1.165, 1.54) is 0 Å². The van der Waals surface area contributed by atoms with Crippen molar-refractivity contribution in [1.82, 2.24) is 9.78 Å². The highest BCUT2D eigenvalue weighted by molar-refractivity contribution is 6.30. The molecule has 8 heteroatoms. The van der Waals surface area contributed by atoms with Crippen LogP contribution in [-0.4, -0.2) is 34.2 Å². The molecule has 2 N–H and O–H groups in total. The number of nitrogens with zero attached hydrogens (tertiary/aromatic N) is 3. The lowest BCUT2D eigenvalue weighted by Gasteiger charge is -2.33. The lowest BCUT2D eigenvalue weighted by atomic mass is 10.0. The monoisotopic (exact) mass is 472 g/mol. The second-order valence-corrected chi connectivity index (χ2v) is 8.38. The van der Waals surface area contributed by atoms with Crippen LogP contribution in [0.3, 0.4) is 0 Å². The molecule has 0 bridgehead atoms. The van der Waals surface area contributed by atoms with Crippen LogP contribution >= 0.6 is 11.6 Å². The molecule has 1 aromatic heterocycles. The molecule has 4 aromatic rings. The largest absolute Gasteiger partial charge is 0.477 e. The zero-order valence-corrected chi connectivity index (χ0v) is 18.9. The molecular weight excluding hydrogens is 452 g/mol. The van der Waals surface area contributed by atoms with Crippen molar-refractivity contribution in [3.05, 3.63) is 95.6 Å². The molecule has 170 valence electrons. The normalized spacial score (nSPS) is 14.9. The number of fused-ring (bicyclic) bond motifs is 1. The number of aromatic nitrogens is 2. The van der Waals surface area contributed by atoms with E-state index >= 15 is 0 Å². The van der Waals surface area contributed by atoms with Crippen molar-refractivity contribution < 1.29 is 14.3 Å². The summed E-state index contributed by atoms with van der Waals surface area (Å²) in [5.41, 5.74) is 9.25. The first-order valence-corrected chi connectivity index (χ1v) is 11.1. The molecule has 0 aliphatic carbocycles. The summed E-state index contributed by atoms with van der Waals surface area (Å²) in [4.78, 5) is 26.9. The van der Waals surface area contributed by atoms with Crippen molar-refractivity contribution in [2.45, 2.75) is 12.5 Å². The average Bonchev–Trinajstić information content (AvgIpc) is 3.28. The molecule has 0 fully saturated rings. The molecule has 0 saturated heterocycles. The Hall–Kier alpha value is -4.10. The number of hydrogen-bond acceptors (Lipinski definition) is 4. The van der Waals surface area contributed by atoms with Gasteiger partial charge in [0, 0.05) is 22.3 Å². The lowest BCUT2D eigenvalue weighted by Crippen LogP contribution is -2.49. The number of ether oxygens (including phenoxy) is 1. The zero-order chi connectivity index (χ0) is 23.7. The molecule has 1 aliphatic rings. The van der Waals surface area contributed by atoms with Gasteiger partial charge in [0.15, 0.2) is 6.10 Å². The minimum absolute atomic E-state index is 0.0499. The first-order valence-electron chi connectivity index (χ1n) is 10.7. The number of hydrogen-bond donors (Lipinski definition) is 1. The van der Waals surface area contributed by atoms with E-state index in [1.54, 1.807) is 39.9 Å². The van der Waals surface area contributed by atoms with E-state index in [2.05, 4.69) is 0 Å². The zero-order valence-electron chi connectivity index (χ0n) is 18.1. The van der Waals surface area contributed by atoms with Gasteiger partial charge in [-0.05, 0) is 36.4 Å². The van der Waals surface area contributed by atoms with Gasteiger partial charge in [0.05, 0.1) is 30.0 Å². The van der Waals surface area contributed by atoms with Crippen molar-refractivity contribution in [2.75, 3.05) is 11.4 Å². The van der Waals surface area contributed by atoms with Crippen LogP contribution in [0, 0.1) is 0 Å². The van der Waals surface area contributed by atoms with Crippen LogP contribution in [0.4, 0.5) is 5.69 Å². The van der Waals surface area contributed by atoms with Gasteiger partial charge in [-0.25, -0.2) is 4.68 Å². The molecule has 0 radical (unpaired) electrons. The average molecular weight is 473 g/mol. The van der Waals surface area contributed by atoms with Gasteiger partial charge >= 0.3 is 0 Å². The van der Waals surface area contributed by atoms with Gasteiger partial charge < -0.3 is 15.4 Å². The number of anilines is 1. The smallest absolute Gasteiger partial charge is 0.260 e. The summed E-state index contributed by atoms with van der Waals surface area (Å²) in [7, 11) is 0. The Bertz CT molecular complexity index is 1350. The summed E-state index contributed by atoms with van der Waals surface area (Å²) in [6, 6.07) is 24.1. The Labute approximate surface area is 201 Å². The van der Waals surface area contributed by atoms with E-state index in [1.807, 2.05) is 54.7 Å². The van der Waals surface area contributed by atoms with E-state index < -0.39 is 12.0 Å². The second-order valence-electron chi connectivity index (χ2n) is 7.95. The SMILES string of the molecule is NC(=O)[C@@H]1CN(C(=O)Cc2cn(-c3ccccc3)nc2-c2ccc(Cl)cc2)c2ccccc2O1. The van der Waals surface area contributed by atoms with E-state index in [9.17, 15) is 9.59 Å². The summed E-state index contributed by atoms with van der Waals surface area (Å²) in [5.74, 6) is -0.361. The van der Waals surface area contributed by atoms with E-state index in [0.29, 0.717) is 22.2 Å². The van der Waals surface area contributed by atoms with Gasteiger partial charge in [0.2, 0.25) is 5.91 Å². The maximum absolute atomic E-state index is 13.5. The standard InChI is InChI=1S/C26H21ClN4O3/c27-19-12-10-17(11-13-19)25-18(15-31(29-25)20-6-2-1-3-7-20)14-24(32)30-16-23(26(28)33)34-22-9-5-4-8-21(22)30/h1-13,15,23H,14,16H2,(H2,28,33)/t23-/m0/s1. The van der Waals surface area contributed by atoms with Gasteiger partial charge in [-0.3, -0.25) is 9.59 Å². The third-order valence-corrected chi connectivity index (χ3v) is 5.91. The van der Waals surface area contributed by atoms with Crippen LogP contribution in [0.5, 0.6) is 5.75 Å². The minimum Gasteiger partial charge on any atom is -0.477 e. The summed E-state index contributed by atoms with van der Waals surface area (Å²) >= 11 is 6.08. The fourth-order valence-electron chi connectivity index (χ4n) is 3.98. The molecule has 3 aromatic carbocycles. The fourth-order valence-corrected chi connectivity index (χ4v) is 4.11. The highest BCUT2D eigenvalue weighted by Crippen LogP contribution is 2.34. The van der Waals surface area contributed by atoms with E-state index in [-0.39, 0.29) is 18.9 Å². The molecule has 34 heavy (non-hydrogen) atoms. The lowest BCUT2D eigenvalue weighted by molar-refractivity contribution is -0.125. The number of nitrogens with two attached hydrogens (primary N) is 1. The summed E-state index contributed by atoms with van der Waals surface area (Å²) < 4.78 is 7.45. The van der Waals surface area contributed by atoms with Crippen LogP contribution in [0.25, 0.3) is 16.9 Å². The molecule has 0 spiro atoms. The maximum Gasteiger partial charge on any atom is 0.260 e. The Balaban J connectivity index is 1.52. The highest BCUT2D eigenvalue weighted by atomic mass is 35.5. The molecule has 2 heterocycles.